The first kappa shape index (κ1) is 14.8. The lowest BCUT2D eigenvalue weighted by Gasteiger charge is -2.10. The highest BCUT2D eigenvalue weighted by Gasteiger charge is 2.05. The van der Waals surface area contributed by atoms with Gasteiger partial charge in [0.1, 0.15) is 0 Å². The molecule has 4 heteroatoms. The SMILES string of the molecule is CCCNCc1ccc(SC(C)CO)cc1Cl. The highest BCUT2D eigenvalue weighted by Crippen LogP contribution is 2.27. The number of thioether (sulfide) groups is 1. The van der Waals surface area contributed by atoms with Crippen molar-refractivity contribution in [1.29, 1.82) is 0 Å². The quantitative estimate of drug-likeness (QED) is 0.591. The molecule has 1 unspecified atom stereocenters. The summed E-state index contributed by atoms with van der Waals surface area (Å²) in [6.07, 6.45) is 1.12. The van der Waals surface area contributed by atoms with E-state index in [9.17, 15) is 0 Å². The van der Waals surface area contributed by atoms with Crippen LogP contribution < -0.4 is 5.32 Å². The number of nitrogens with one attached hydrogen (secondary N) is 1. The molecule has 0 aliphatic carbocycles. The first-order valence-corrected chi connectivity index (χ1v) is 7.19. The lowest BCUT2D eigenvalue weighted by atomic mass is 10.2. The van der Waals surface area contributed by atoms with Gasteiger partial charge in [-0.05, 0) is 30.7 Å². The number of rotatable bonds is 7. The normalized spacial score (nSPS) is 12.7. The van der Waals surface area contributed by atoms with Crippen molar-refractivity contribution in [2.45, 2.75) is 37.0 Å². The van der Waals surface area contributed by atoms with E-state index in [1.165, 1.54) is 0 Å². The maximum atomic E-state index is 9.00. The molecule has 0 heterocycles. The van der Waals surface area contributed by atoms with Gasteiger partial charge >= 0.3 is 0 Å². The lowest BCUT2D eigenvalue weighted by molar-refractivity contribution is 0.300. The van der Waals surface area contributed by atoms with Crippen molar-refractivity contribution < 1.29 is 5.11 Å². The molecule has 0 amide bonds. The van der Waals surface area contributed by atoms with Crippen molar-refractivity contribution in [2.24, 2.45) is 0 Å². The first-order chi connectivity index (χ1) is 8.17. The van der Waals surface area contributed by atoms with Gasteiger partial charge in [-0.2, -0.15) is 0 Å². The minimum absolute atomic E-state index is 0.183. The van der Waals surface area contributed by atoms with Gasteiger partial charge in [0.25, 0.3) is 0 Å². The van der Waals surface area contributed by atoms with Gasteiger partial charge in [0, 0.05) is 21.7 Å². The minimum atomic E-state index is 0.183. The molecule has 0 aliphatic rings. The van der Waals surface area contributed by atoms with Gasteiger partial charge in [-0.15, -0.1) is 11.8 Å². The maximum Gasteiger partial charge on any atom is 0.0550 e. The zero-order chi connectivity index (χ0) is 12.7. The van der Waals surface area contributed by atoms with Gasteiger partial charge in [0.2, 0.25) is 0 Å². The van der Waals surface area contributed by atoms with Crippen LogP contribution >= 0.6 is 23.4 Å². The van der Waals surface area contributed by atoms with Crippen molar-refractivity contribution in [3.05, 3.63) is 28.8 Å². The highest BCUT2D eigenvalue weighted by molar-refractivity contribution is 8.00. The van der Waals surface area contributed by atoms with E-state index in [4.69, 9.17) is 16.7 Å². The van der Waals surface area contributed by atoms with Gasteiger partial charge in [-0.1, -0.05) is 31.5 Å². The van der Waals surface area contributed by atoms with E-state index in [0.29, 0.717) is 0 Å². The molecule has 0 saturated carbocycles. The molecule has 0 aromatic heterocycles. The zero-order valence-electron chi connectivity index (χ0n) is 10.4. The molecule has 0 fully saturated rings. The molecule has 2 N–H and O–H groups in total. The summed E-state index contributed by atoms with van der Waals surface area (Å²) in [4.78, 5) is 1.11. The Morgan fingerprint density at radius 1 is 1.47 bits per heavy atom. The van der Waals surface area contributed by atoms with E-state index < -0.39 is 0 Å². The zero-order valence-corrected chi connectivity index (χ0v) is 11.9. The summed E-state index contributed by atoms with van der Waals surface area (Å²) in [6.45, 7) is 6.14. The average Bonchev–Trinajstić information content (AvgIpc) is 2.32. The fraction of sp³-hybridized carbons (Fsp3) is 0.538. The Kier molecular flexibility index (Phi) is 6.97. The molecular formula is C13H20ClNOS. The fourth-order valence-corrected chi connectivity index (χ4v) is 2.60. The number of aliphatic hydroxyl groups is 1. The van der Waals surface area contributed by atoms with Gasteiger partial charge in [0.05, 0.1) is 6.61 Å². The largest absolute Gasteiger partial charge is 0.395 e. The summed E-state index contributed by atoms with van der Waals surface area (Å²) in [5.74, 6) is 0. The summed E-state index contributed by atoms with van der Waals surface area (Å²) in [5, 5.41) is 13.3. The molecule has 1 rings (SSSR count). The minimum Gasteiger partial charge on any atom is -0.395 e. The molecule has 1 aromatic carbocycles. The molecule has 0 aliphatic heterocycles. The Morgan fingerprint density at radius 3 is 2.82 bits per heavy atom. The Hall–Kier alpha value is -0.220. The van der Waals surface area contributed by atoms with Crippen LogP contribution in [-0.2, 0) is 6.54 Å². The standard InChI is InChI=1S/C13H20ClNOS/c1-3-6-15-8-11-4-5-12(7-13(11)14)17-10(2)9-16/h4-5,7,10,15-16H,3,6,8-9H2,1-2H3. The van der Waals surface area contributed by atoms with Gasteiger partial charge in [-0.3, -0.25) is 0 Å². The Bertz CT molecular complexity index is 346. The van der Waals surface area contributed by atoms with E-state index in [1.54, 1.807) is 11.8 Å². The Balaban J connectivity index is 2.59. The third-order valence-electron chi connectivity index (χ3n) is 2.36. The van der Waals surface area contributed by atoms with Crippen LogP contribution in [0.15, 0.2) is 23.1 Å². The second-order valence-electron chi connectivity index (χ2n) is 4.04. The number of hydrogen-bond donors (Lipinski definition) is 2. The van der Waals surface area contributed by atoms with Crippen LogP contribution in [0.3, 0.4) is 0 Å². The molecule has 0 bridgehead atoms. The molecule has 17 heavy (non-hydrogen) atoms. The second-order valence-corrected chi connectivity index (χ2v) is 5.96. The maximum absolute atomic E-state index is 9.00. The number of benzene rings is 1. The first-order valence-electron chi connectivity index (χ1n) is 5.94. The van der Waals surface area contributed by atoms with Crippen LogP contribution in [0.25, 0.3) is 0 Å². The summed E-state index contributed by atoms with van der Waals surface area (Å²) in [5.41, 5.74) is 1.13. The Morgan fingerprint density at radius 2 is 2.24 bits per heavy atom. The van der Waals surface area contributed by atoms with Crippen LogP contribution in [0.4, 0.5) is 0 Å². The fourth-order valence-electron chi connectivity index (χ4n) is 1.41. The summed E-state index contributed by atoms with van der Waals surface area (Å²) >= 11 is 7.86. The number of halogens is 1. The number of hydrogen-bond acceptors (Lipinski definition) is 3. The van der Waals surface area contributed by atoms with E-state index >= 15 is 0 Å². The van der Waals surface area contributed by atoms with Crippen LogP contribution in [0, 0.1) is 0 Å². The average molecular weight is 274 g/mol. The van der Waals surface area contributed by atoms with Crippen LogP contribution in [0.1, 0.15) is 25.8 Å². The predicted octanol–water partition coefficient (Wildman–Crippen LogP) is 3.31. The van der Waals surface area contributed by atoms with Crippen LogP contribution in [0.2, 0.25) is 5.02 Å². The van der Waals surface area contributed by atoms with Crippen molar-refractivity contribution >= 4 is 23.4 Å². The van der Waals surface area contributed by atoms with Crippen molar-refractivity contribution in [2.75, 3.05) is 13.2 Å². The molecule has 0 spiro atoms. The van der Waals surface area contributed by atoms with Gasteiger partial charge in [0.15, 0.2) is 0 Å². The van der Waals surface area contributed by atoms with E-state index in [0.717, 1.165) is 35.0 Å². The molecule has 0 saturated heterocycles. The third kappa shape index (κ3) is 5.30. The van der Waals surface area contributed by atoms with Gasteiger partial charge < -0.3 is 10.4 Å². The predicted molar refractivity (Wildman–Crippen MR) is 75.9 cm³/mol. The van der Waals surface area contributed by atoms with E-state index in [1.807, 2.05) is 13.0 Å². The monoisotopic (exact) mass is 273 g/mol. The lowest BCUT2D eigenvalue weighted by Crippen LogP contribution is -2.14. The summed E-state index contributed by atoms with van der Waals surface area (Å²) in [7, 11) is 0. The third-order valence-corrected chi connectivity index (χ3v) is 3.79. The van der Waals surface area contributed by atoms with Gasteiger partial charge in [-0.25, -0.2) is 0 Å². The second kappa shape index (κ2) is 7.98. The van der Waals surface area contributed by atoms with Crippen molar-refractivity contribution in [3.63, 3.8) is 0 Å². The Labute approximate surface area is 113 Å². The summed E-state index contributed by atoms with van der Waals surface area (Å²) < 4.78 is 0. The number of aliphatic hydroxyl groups excluding tert-OH is 1. The smallest absolute Gasteiger partial charge is 0.0550 e. The topological polar surface area (TPSA) is 32.3 Å². The molecule has 2 nitrogen and oxygen atoms in total. The van der Waals surface area contributed by atoms with Crippen molar-refractivity contribution in [1.82, 2.24) is 5.32 Å². The molecule has 1 atom stereocenters. The van der Waals surface area contributed by atoms with E-state index in [2.05, 4.69) is 24.4 Å². The van der Waals surface area contributed by atoms with E-state index in [-0.39, 0.29) is 11.9 Å². The highest BCUT2D eigenvalue weighted by atomic mass is 35.5. The summed E-state index contributed by atoms with van der Waals surface area (Å²) in [6, 6.07) is 6.09. The van der Waals surface area contributed by atoms with Crippen molar-refractivity contribution in [3.8, 4) is 0 Å². The van der Waals surface area contributed by atoms with Crippen LogP contribution in [-0.4, -0.2) is 23.5 Å². The molecule has 0 radical (unpaired) electrons. The molecule has 1 aromatic rings. The van der Waals surface area contributed by atoms with Crippen LogP contribution in [0.5, 0.6) is 0 Å². The molecular weight excluding hydrogens is 254 g/mol. The molecule has 96 valence electrons.